The van der Waals surface area contributed by atoms with E-state index in [1.807, 2.05) is 0 Å². The molecule has 0 aromatic rings. The molecule has 2 N–H and O–H groups in total. The van der Waals surface area contributed by atoms with E-state index >= 15 is 0 Å². The third-order valence-electron chi connectivity index (χ3n) is 2.15. The van der Waals surface area contributed by atoms with Crippen molar-refractivity contribution in [3.8, 4) is 0 Å². The van der Waals surface area contributed by atoms with Gasteiger partial charge in [0.1, 0.15) is 9.84 Å². The van der Waals surface area contributed by atoms with Gasteiger partial charge in [-0.05, 0) is 12.8 Å². The Morgan fingerprint density at radius 1 is 1.36 bits per heavy atom. The second-order valence-electron chi connectivity index (χ2n) is 3.64. The minimum Gasteiger partial charge on any atom is -0.324 e. The van der Waals surface area contributed by atoms with E-state index in [0.29, 0.717) is 0 Å². The fraction of sp³-hybridized carbons (Fsp3) is 1.00. The van der Waals surface area contributed by atoms with Crippen molar-refractivity contribution in [2.75, 3.05) is 12.0 Å². The third-order valence-corrected chi connectivity index (χ3v) is 3.25. The van der Waals surface area contributed by atoms with Gasteiger partial charge in [-0.3, -0.25) is 0 Å². The third kappa shape index (κ3) is 2.79. The normalized spacial score (nSPS) is 23.8. The van der Waals surface area contributed by atoms with Gasteiger partial charge in [-0.1, -0.05) is 12.8 Å². The molecule has 0 aromatic carbocycles. The first kappa shape index (κ1) is 9.00. The molecule has 0 atom stereocenters. The molecule has 1 aliphatic rings. The molecule has 1 rings (SSSR count). The van der Waals surface area contributed by atoms with E-state index in [4.69, 9.17) is 5.73 Å². The molecule has 1 aliphatic carbocycles. The zero-order valence-corrected chi connectivity index (χ0v) is 7.65. The van der Waals surface area contributed by atoms with E-state index in [0.717, 1.165) is 25.7 Å². The van der Waals surface area contributed by atoms with Crippen LogP contribution < -0.4 is 5.73 Å². The molecular weight excluding hydrogens is 162 g/mol. The predicted octanol–water partition coefficient (Wildman–Crippen LogP) is 0.302. The Kier molecular flexibility index (Phi) is 2.25. The van der Waals surface area contributed by atoms with Crippen LogP contribution in [0.25, 0.3) is 0 Å². The topological polar surface area (TPSA) is 60.2 Å². The van der Waals surface area contributed by atoms with Gasteiger partial charge in [-0.2, -0.15) is 0 Å². The van der Waals surface area contributed by atoms with Gasteiger partial charge in [0.25, 0.3) is 0 Å². The summed E-state index contributed by atoms with van der Waals surface area (Å²) in [5.41, 5.74) is 5.46. The number of rotatable bonds is 2. The lowest BCUT2D eigenvalue weighted by Gasteiger charge is -2.21. The lowest BCUT2D eigenvalue weighted by atomic mass is 10.0. The summed E-state index contributed by atoms with van der Waals surface area (Å²) in [7, 11) is -2.89. The fourth-order valence-electron chi connectivity index (χ4n) is 1.75. The van der Waals surface area contributed by atoms with Crippen LogP contribution in [0.15, 0.2) is 0 Å². The number of hydrogen-bond donors (Lipinski definition) is 1. The van der Waals surface area contributed by atoms with Gasteiger partial charge in [-0.15, -0.1) is 0 Å². The summed E-state index contributed by atoms with van der Waals surface area (Å²) in [4.78, 5) is 0. The summed E-state index contributed by atoms with van der Waals surface area (Å²) >= 11 is 0. The van der Waals surface area contributed by atoms with Gasteiger partial charge in [0.05, 0.1) is 5.75 Å². The van der Waals surface area contributed by atoms with Crippen molar-refractivity contribution in [1.29, 1.82) is 0 Å². The molecule has 0 aliphatic heterocycles. The average molecular weight is 177 g/mol. The maximum Gasteiger partial charge on any atom is 0.149 e. The highest BCUT2D eigenvalue weighted by atomic mass is 32.2. The second kappa shape index (κ2) is 2.75. The summed E-state index contributed by atoms with van der Waals surface area (Å²) < 4.78 is 21.8. The minimum absolute atomic E-state index is 0.153. The molecule has 0 bridgehead atoms. The number of sulfone groups is 1. The summed E-state index contributed by atoms with van der Waals surface area (Å²) in [6.45, 7) is 0. The van der Waals surface area contributed by atoms with Gasteiger partial charge in [-0.25, -0.2) is 8.42 Å². The van der Waals surface area contributed by atoms with Crippen LogP contribution in [0.4, 0.5) is 0 Å². The van der Waals surface area contributed by atoms with Crippen LogP contribution >= 0.6 is 0 Å². The SMILES string of the molecule is CS(=O)(=O)CC1(N)CCCC1. The molecule has 11 heavy (non-hydrogen) atoms. The van der Waals surface area contributed by atoms with Crippen molar-refractivity contribution in [3.63, 3.8) is 0 Å². The maximum atomic E-state index is 10.9. The molecule has 0 saturated heterocycles. The van der Waals surface area contributed by atoms with Crippen molar-refractivity contribution < 1.29 is 8.42 Å². The first-order chi connectivity index (χ1) is 4.91. The summed E-state index contributed by atoms with van der Waals surface area (Å²) in [6.07, 6.45) is 5.12. The lowest BCUT2D eigenvalue weighted by molar-refractivity contribution is 0.480. The molecule has 66 valence electrons. The van der Waals surface area contributed by atoms with Crippen LogP contribution in [0, 0.1) is 0 Å². The molecule has 0 radical (unpaired) electrons. The van der Waals surface area contributed by atoms with Gasteiger partial charge in [0.15, 0.2) is 0 Å². The van der Waals surface area contributed by atoms with Crippen LogP contribution in [0.2, 0.25) is 0 Å². The van der Waals surface area contributed by atoms with Crippen molar-refractivity contribution in [2.45, 2.75) is 31.2 Å². The largest absolute Gasteiger partial charge is 0.324 e. The predicted molar refractivity (Wildman–Crippen MR) is 45.1 cm³/mol. The maximum absolute atomic E-state index is 10.9. The average Bonchev–Trinajstić information content (AvgIpc) is 2.09. The van der Waals surface area contributed by atoms with E-state index in [1.165, 1.54) is 6.26 Å². The van der Waals surface area contributed by atoms with Gasteiger partial charge in [0, 0.05) is 11.8 Å². The van der Waals surface area contributed by atoms with Crippen LogP contribution in [-0.2, 0) is 9.84 Å². The highest BCUT2D eigenvalue weighted by molar-refractivity contribution is 7.90. The molecule has 4 heteroatoms. The molecule has 1 fully saturated rings. The van der Waals surface area contributed by atoms with Crippen LogP contribution in [0.1, 0.15) is 25.7 Å². The Bertz CT molecular complexity index is 227. The van der Waals surface area contributed by atoms with Crippen molar-refractivity contribution >= 4 is 9.84 Å². The Hall–Kier alpha value is -0.0900. The van der Waals surface area contributed by atoms with Crippen LogP contribution in [-0.4, -0.2) is 26.0 Å². The van der Waals surface area contributed by atoms with E-state index in [9.17, 15) is 8.42 Å². The first-order valence-electron chi connectivity index (χ1n) is 3.88. The van der Waals surface area contributed by atoms with Gasteiger partial charge < -0.3 is 5.73 Å². The molecule has 0 unspecified atom stereocenters. The zero-order valence-electron chi connectivity index (χ0n) is 6.84. The molecule has 0 amide bonds. The van der Waals surface area contributed by atoms with Crippen molar-refractivity contribution in [1.82, 2.24) is 0 Å². The van der Waals surface area contributed by atoms with E-state index in [-0.39, 0.29) is 5.75 Å². The number of nitrogens with two attached hydrogens (primary N) is 1. The summed E-state index contributed by atoms with van der Waals surface area (Å²) in [6, 6.07) is 0. The van der Waals surface area contributed by atoms with E-state index in [1.54, 1.807) is 0 Å². The Labute approximate surface area is 67.9 Å². The van der Waals surface area contributed by atoms with Gasteiger partial charge >= 0.3 is 0 Å². The molecule has 0 aromatic heterocycles. The highest BCUT2D eigenvalue weighted by Gasteiger charge is 2.32. The van der Waals surface area contributed by atoms with Gasteiger partial charge in [0.2, 0.25) is 0 Å². The van der Waals surface area contributed by atoms with Crippen LogP contribution in [0.5, 0.6) is 0 Å². The minimum atomic E-state index is -2.89. The molecule has 3 nitrogen and oxygen atoms in total. The molecule has 0 heterocycles. The Morgan fingerprint density at radius 2 is 1.82 bits per heavy atom. The zero-order chi connectivity index (χ0) is 8.54. The number of hydrogen-bond acceptors (Lipinski definition) is 3. The highest BCUT2D eigenvalue weighted by Crippen LogP contribution is 2.27. The summed E-state index contributed by atoms with van der Waals surface area (Å²) in [5, 5.41) is 0. The second-order valence-corrected chi connectivity index (χ2v) is 5.78. The molecule has 0 spiro atoms. The smallest absolute Gasteiger partial charge is 0.149 e. The Balaban J connectivity index is 2.60. The van der Waals surface area contributed by atoms with Crippen LogP contribution in [0.3, 0.4) is 0 Å². The van der Waals surface area contributed by atoms with Crippen molar-refractivity contribution in [3.05, 3.63) is 0 Å². The first-order valence-corrected chi connectivity index (χ1v) is 5.94. The lowest BCUT2D eigenvalue weighted by Crippen LogP contribution is -2.43. The van der Waals surface area contributed by atoms with Crippen molar-refractivity contribution in [2.24, 2.45) is 5.73 Å². The quantitative estimate of drug-likeness (QED) is 0.660. The summed E-state index contributed by atoms with van der Waals surface area (Å²) in [5.74, 6) is 0.153. The van der Waals surface area contributed by atoms with E-state index < -0.39 is 15.4 Å². The molecular formula is C7H15NO2S. The Morgan fingerprint density at radius 3 is 2.18 bits per heavy atom. The standard InChI is InChI=1S/C7H15NO2S/c1-11(9,10)6-7(8)4-2-3-5-7/h2-6,8H2,1H3. The molecule has 1 saturated carbocycles. The van der Waals surface area contributed by atoms with E-state index in [2.05, 4.69) is 0 Å². The fourth-order valence-corrected chi connectivity index (χ4v) is 3.08. The monoisotopic (exact) mass is 177 g/mol.